The lowest BCUT2D eigenvalue weighted by atomic mass is 10.1. The van der Waals surface area contributed by atoms with Gasteiger partial charge in [0.25, 0.3) is 0 Å². The van der Waals surface area contributed by atoms with Crippen molar-refractivity contribution in [2.24, 2.45) is 0 Å². The second-order valence-electron chi connectivity index (χ2n) is 7.44. The molecule has 0 fully saturated rings. The minimum absolute atomic E-state index is 0.346. The third-order valence-corrected chi connectivity index (χ3v) is 6.12. The van der Waals surface area contributed by atoms with Gasteiger partial charge in [-0.1, -0.05) is 30.3 Å². The zero-order valence-corrected chi connectivity index (χ0v) is 18.8. The van der Waals surface area contributed by atoms with E-state index in [1.807, 2.05) is 60.0 Å². The average Bonchev–Trinajstić information content (AvgIpc) is 3.53. The van der Waals surface area contributed by atoms with Gasteiger partial charge in [-0.25, -0.2) is 9.97 Å². The highest BCUT2D eigenvalue weighted by atomic mass is 32.1. The van der Waals surface area contributed by atoms with Crippen molar-refractivity contribution in [1.82, 2.24) is 30.1 Å². The fraction of sp³-hybridized carbons (Fsp3) is 0.0417. The number of rotatable bonds is 6. The number of aromatic nitrogens is 6. The van der Waals surface area contributed by atoms with E-state index in [1.165, 1.54) is 0 Å². The van der Waals surface area contributed by atoms with Gasteiger partial charge in [0.15, 0.2) is 5.82 Å². The summed E-state index contributed by atoms with van der Waals surface area (Å²) in [6.07, 6.45) is 1.79. The fourth-order valence-electron chi connectivity index (χ4n) is 3.60. The summed E-state index contributed by atoms with van der Waals surface area (Å²) in [7, 11) is 1.58. The van der Waals surface area contributed by atoms with Crippen LogP contribution in [0.3, 0.4) is 0 Å². The number of fused-ring (bicyclic) bond motifs is 2. The summed E-state index contributed by atoms with van der Waals surface area (Å²) in [6.45, 7) is 0. The van der Waals surface area contributed by atoms with E-state index in [1.54, 1.807) is 30.7 Å². The SMILES string of the molecule is COc1cc(-c2ccccc2)nc(Nc2nc(Nc3ccc4[nH]ncc4c3)c3sccc3n2)n1. The van der Waals surface area contributed by atoms with Crippen LogP contribution in [0.15, 0.2) is 72.2 Å². The van der Waals surface area contributed by atoms with Crippen LogP contribution in [0.4, 0.5) is 23.4 Å². The van der Waals surface area contributed by atoms with Gasteiger partial charge in [-0.2, -0.15) is 15.1 Å². The average molecular weight is 467 g/mol. The number of H-pyrrole nitrogens is 1. The lowest BCUT2D eigenvalue weighted by Gasteiger charge is -2.11. The molecule has 166 valence electrons. The zero-order valence-electron chi connectivity index (χ0n) is 18.0. The van der Waals surface area contributed by atoms with Gasteiger partial charge < -0.3 is 10.1 Å². The maximum absolute atomic E-state index is 5.39. The normalized spacial score (nSPS) is 11.1. The molecule has 4 aromatic heterocycles. The molecule has 2 aromatic carbocycles. The number of ether oxygens (including phenoxy) is 1. The standard InChI is InChI=1S/C24H18N8OS/c1-33-20-12-19(14-5-3-2-4-6-14)28-23(29-20)31-24-27-18-9-10-34-21(18)22(30-24)26-16-7-8-17-15(11-16)13-25-32-17/h2-13H,1H3,(H,25,32)(H2,26,27,28,29,30,31). The molecule has 0 aliphatic heterocycles. The Balaban J connectivity index is 1.37. The van der Waals surface area contributed by atoms with Crippen molar-refractivity contribution in [3.63, 3.8) is 0 Å². The molecule has 9 nitrogen and oxygen atoms in total. The van der Waals surface area contributed by atoms with Crippen LogP contribution in [-0.4, -0.2) is 37.2 Å². The Kier molecular flexibility index (Phi) is 4.96. The first-order chi connectivity index (χ1) is 16.7. The van der Waals surface area contributed by atoms with Gasteiger partial charge in [-0.3, -0.25) is 10.4 Å². The van der Waals surface area contributed by atoms with E-state index in [-0.39, 0.29) is 0 Å². The Morgan fingerprint density at radius 2 is 1.76 bits per heavy atom. The number of nitrogens with zero attached hydrogens (tertiary/aromatic N) is 5. The third kappa shape index (κ3) is 3.86. The molecular formula is C24H18N8OS. The van der Waals surface area contributed by atoms with Crippen LogP contribution in [0.2, 0.25) is 0 Å². The Labute approximate surface area is 197 Å². The highest BCUT2D eigenvalue weighted by Crippen LogP contribution is 2.31. The molecule has 0 saturated carbocycles. The van der Waals surface area contributed by atoms with Gasteiger partial charge in [0.1, 0.15) is 0 Å². The molecule has 0 amide bonds. The van der Waals surface area contributed by atoms with Gasteiger partial charge in [-0.05, 0) is 29.6 Å². The smallest absolute Gasteiger partial charge is 0.233 e. The number of thiophene rings is 1. The number of methoxy groups -OCH3 is 1. The Morgan fingerprint density at radius 1 is 0.882 bits per heavy atom. The maximum atomic E-state index is 5.39. The van der Waals surface area contributed by atoms with Crippen LogP contribution in [0.5, 0.6) is 5.88 Å². The van der Waals surface area contributed by atoms with E-state index in [9.17, 15) is 0 Å². The summed E-state index contributed by atoms with van der Waals surface area (Å²) in [5.41, 5.74) is 4.38. The molecule has 0 aliphatic rings. The molecule has 6 aromatic rings. The van der Waals surface area contributed by atoms with E-state index in [4.69, 9.17) is 9.72 Å². The summed E-state index contributed by atoms with van der Waals surface area (Å²) in [4.78, 5) is 18.4. The van der Waals surface area contributed by atoms with Crippen molar-refractivity contribution >= 4 is 55.9 Å². The maximum Gasteiger partial charge on any atom is 0.233 e. The van der Waals surface area contributed by atoms with Crippen LogP contribution in [-0.2, 0) is 0 Å². The third-order valence-electron chi connectivity index (χ3n) is 5.21. The highest BCUT2D eigenvalue weighted by Gasteiger charge is 2.13. The van der Waals surface area contributed by atoms with Crippen LogP contribution >= 0.6 is 11.3 Å². The molecule has 4 heterocycles. The first-order valence-electron chi connectivity index (χ1n) is 10.5. The predicted octanol–water partition coefficient (Wildman–Crippen LogP) is 5.52. The van der Waals surface area contributed by atoms with E-state index < -0.39 is 0 Å². The van der Waals surface area contributed by atoms with Crippen molar-refractivity contribution in [2.45, 2.75) is 0 Å². The van der Waals surface area contributed by atoms with Gasteiger partial charge in [-0.15, -0.1) is 11.3 Å². The van der Waals surface area contributed by atoms with Crippen LogP contribution in [0.25, 0.3) is 32.4 Å². The lowest BCUT2D eigenvalue weighted by Crippen LogP contribution is -2.05. The summed E-state index contributed by atoms with van der Waals surface area (Å²) < 4.78 is 6.35. The molecule has 34 heavy (non-hydrogen) atoms. The molecule has 0 atom stereocenters. The number of anilines is 4. The first kappa shape index (κ1) is 20.1. The van der Waals surface area contributed by atoms with Crippen molar-refractivity contribution in [2.75, 3.05) is 17.7 Å². The Morgan fingerprint density at radius 3 is 2.65 bits per heavy atom. The number of hydrogen-bond acceptors (Lipinski definition) is 9. The number of benzene rings is 2. The molecule has 0 spiro atoms. The largest absolute Gasteiger partial charge is 0.481 e. The molecule has 0 radical (unpaired) electrons. The fourth-order valence-corrected chi connectivity index (χ4v) is 4.38. The Bertz CT molecular complexity index is 1610. The van der Waals surface area contributed by atoms with E-state index in [0.717, 1.165) is 38.1 Å². The van der Waals surface area contributed by atoms with E-state index >= 15 is 0 Å². The summed E-state index contributed by atoms with van der Waals surface area (Å²) in [6, 6.07) is 19.6. The molecule has 6 rings (SSSR count). The van der Waals surface area contributed by atoms with Crippen LogP contribution < -0.4 is 15.4 Å². The number of hydrogen-bond donors (Lipinski definition) is 3. The lowest BCUT2D eigenvalue weighted by molar-refractivity contribution is 0.398. The number of aromatic amines is 1. The minimum atomic E-state index is 0.346. The number of nitrogens with one attached hydrogen (secondary N) is 3. The molecule has 0 bridgehead atoms. The second kappa shape index (κ2) is 8.41. The molecule has 0 unspecified atom stereocenters. The Hall–Kier alpha value is -4.57. The topological polar surface area (TPSA) is 114 Å². The predicted molar refractivity (Wildman–Crippen MR) is 134 cm³/mol. The summed E-state index contributed by atoms with van der Waals surface area (Å²) in [5.74, 6) is 1.86. The van der Waals surface area contributed by atoms with Crippen LogP contribution in [0.1, 0.15) is 0 Å². The molecule has 0 saturated heterocycles. The van der Waals surface area contributed by atoms with Gasteiger partial charge in [0.2, 0.25) is 17.8 Å². The quantitative estimate of drug-likeness (QED) is 0.294. The zero-order chi connectivity index (χ0) is 22.9. The van der Waals surface area contributed by atoms with E-state index in [2.05, 4.69) is 35.8 Å². The minimum Gasteiger partial charge on any atom is -0.481 e. The summed E-state index contributed by atoms with van der Waals surface area (Å²) in [5, 5.41) is 16.6. The van der Waals surface area contributed by atoms with Crippen molar-refractivity contribution in [3.05, 3.63) is 72.2 Å². The molecule has 3 N–H and O–H groups in total. The first-order valence-corrected chi connectivity index (χ1v) is 11.3. The van der Waals surface area contributed by atoms with Crippen molar-refractivity contribution in [3.8, 4) is 17.1 Å². The van der Waals surface area contributed by atoms with E-state index in [0.29, 0.717) is 23.6 Å². The van der Waals surface area contributed by atoms with Gasteiger partial charge >= 0.3 is 0 Å². The second-order valence-corrected chi connectivity index (χ2v) is 8.35. The van der Waals surface area contributed by atoms with Gasteiger partial charge in [0.05, 0.1) is 34.7 Å². The summed E-state index contributed by atoms with van der Waals surface area (Å²) >= 11 is 1.57. The molecular weight excluding hydrogens is 448 g/mol. The molecule has 0 aliphatic carbocycles. The van der Waals surface area contributed by atoms with Crippen molar-refractivity contribution in [1.29, 1.82) is 0 Å². The molecule has 10 heteroatoms. The monoisotopic (exact) mass is 466 g/mol. The van der Waals surface area contributed by atoms with Crippen molar-refractivity contribution < 1.29 is 4.74 Å². The highest BCUT2D eigenvalue weighted by molar-refractivity contribution is 7.17. The van der Waals surface area contributed by atoms with Gasteiger partial charge in [0, 0.05) is 22.7 Å². The van der Waals surface area contributed by atoms with Crippen LogP contribution in [0, 0.1) is 0 Å².